The summed E-state index contributed by atoms with van der Waals surface area (Å²) in [6.07, 6.45) is 0.0186. The Morgan fingerprint density at radius 1 is 1.17 bits per heavy atom. The van der Waals surface area contributed by atoms with Crippen LogP contribution in [0.4, 0.5) is 0 Å². The molecule has 23 heavy (non-hydrogen) atoms. The van der Waals surface area contributed by atoms with Crippen molar-refractivity contribution in [3.05, 3.63) is 29.8 Å². The molecular weight excluding hydrogens is 405 g/mol. The summed E-state index contributed by atoms with van der Waals surface area (Å²) >= 11 is 0. The summed E-state index contributed by atoms with van der Waals surface area (Å²) in [6, 6.07) is 8.07. The lowest BCUT2D eigenvalue weighted by Gasteiger charge is -2.15. The van der Waals surface area contributed by atoms with E-state index in [4.69, 9.17) is 9.47 Å². The van der Waals surface area contributed by atoms with E-state index < -0.39 is 0 Å². The van der Waals surface area contributed by atoms with E-state index in [1.807, 2.05) is 45.0 Å². The van der Waals surface area contributed by atoms with E-state index in [0.717, 1.165) is 31.4 Å². The largest absolute Gasteiger partial charge is 0.489 e. The summed E-state index contributed by atoms with van der Waals surface area (Å²) in [7, 11) is 0. The monoisotopic (exact) mass is 435 g/mol. The highest BCUT2D eigenvalue weighted by molar-refractivity contribution is 14.0. The first kappa shape index (κ1) is 22.0. The number of rotatable bonds is 9. The number of nitrogens with one attached hydrogen (secondary N) is 2. The van der Waals surface area contributed by atoms with Crippen molar-refractivity contribution in [3.63, 3.8) is 0 Å². The van der Waals surface area contributed by atoms with Gasteiger partial charge in [0.1, 0.15) is 11.9 Å². The molecular formula is C17H30IN3O2. The molecule has 2 N–H and O–H groups in total. The highest BCUT2D eigenvalue weighted by atomic mass is 127. The molecule has 0 saturated carbocycles. The smallest absolute Gasteiger partial charge is 0.191 e. The molecule has 132 valence electrons. The number of benzene rings is 1. The molecule has 6 heteroatoms. The van der Waals surface area contributed by atoms with Gasteiger partial charge in [-0.1, -0.05) is 17.7 Å². The van der Waals surface area contributed by atoms with Gasteiger partial charge in [-0.25, -0.2) is 4.99 Å². The summed E-state index contributed by atoms with van der Waals surface area (Å²) in [4.78, 5) is 4.54. The summed E-state index contributed by atoms with van der Waals surface area (Å²) in [5.41, 5.74) is 1.23. The number of hydrogen-bond donors (Lipinski definition) is 2. The van der Waals surface area contributed by atoms with E-state index in [0.29, 0.717) is 13.2 Å². The third kappa shape index (κ3) is 10.4. The van der Waals surface area contributed by atoms with E-state index >= 15 is 0 Å². The Bertz CT molecular complexity index is 438. The predicted octanol–water partition coefficient (Wildman–Crippen LogP) is 2.97. The van der Waals surface area contributed by atoms with Gasteiger partial charge in [0.15, 0.2) is 5.96 Å². The maximum Gasteiger partial charge on any atom is 0.191 e. The minimum Gasteiger partial charge on any atom is -0.489 e. The Morgan fingerprint density at radius 3 is 2.48 bits per heavy atom. The Balaban J connectivity index is 0.00000484. The summed E-state index contributed by atoms with van der Waals surface area (Å²) in [5, 5.41) is 6.45. The van der Waals surface area contributed by atoms with Gasteiger partial charge in [0.05, 0.1) is 13.2 Å². The van der Waals surface area contributed by atoms with Gasteiger partial charge in [-0.15, -0.1) is 24.0 Å². The first-order chi connectivity index (χ1) is 10.7. The third-order valence-corrected chi connectivity index (χ3v) is 2.95. The van der Waals surface area contributed by atoms with E-state index in [1.54, 1.807) is 0 Å². The molecule has 0 heterocycles. The molecule has 0 bridgehead atoms. The van der Waals surface area contributed by atoms with Gasteiger partial charge in [0.25, 0.3) is 0 Å². The van der Waals surface area contributed by atoms with Crippen LogP contribution in [0.25, 0.3) is 0 Å². The molecule has 0 aromatic heterocycles. The van der Waals surface area contributed by atoms with Crippen LogP contribution in [0.3, 0.4) is 0 Å². The lowest BCUT2D eigenvalue weighted by molar-refractivity contribution is 0.152. The van der Waals surface area contributed by atoms with E-state index in [9.17, 15) is 0 Å². The molecule has 1 aromatic rings. The Hall–Kier alpha value is -1.02. The van der Waals surface area contributed by atoms with Crippen molar-refractivity contribution in [2.45, 2.75) is 33.8 Å². The van der Waals surface area contributed by atoms with Crippen molar-refractivity contribution < 1.29 is 9.47 Å². The van der Waals surface area contributed by atoms with Gasteiger partial charge >= 0.3 is 0 Å². The van der Waals surface area contributed by atoms with Crippen LogP contribution in [0.2, 0.25) is 0 Å². The van der Waals surface area contributed by atoms with Crippen LogP contribution in [-0.2, 0) is 4.74 Å². The second-order valence-corrected chi connectivity index (χ2v) is 5.08. The number of halogens is 1. The van der Waals surface area contributed by atoms with Crippen molar-refractivity contribution in [2.24, 2.45) is 4.99 Å². The number of nitrogens with zero attached hydrogens (tertiary/aromatic N) is 1. The fourth-order valence-electron chi connectivity index (χ4n) is 1.83. The summed E-state index contributed by atoms with van der Waals surface area (Å²) < 4.78 is 11.2. The minimum absolute atomic E-state index is 0. The Labute approximate surface area is 157 Å². The van der Waals surface area contributed by atoms with Crippen molar-refractivity contribution in [2.75, 3.05) is 32.8 Å². The number of hydrogen-bond acceptors (Lipinski definition) is 3. The maximum absolute atomic E-state index is 5.85. The molecule has 0 spiro atoms. The minimum atomic E-state index is 0. The molecule has 0 amide bonds. The molecule has 1 rings (SSSR count). The molecule has 0 radical (unpaired) electrons. The van der Waals surface area contributed by atoms with Crippen molar-refractivity contribution in [3.8, 4) is 5.75 Å². The molecule has 0 aliphatic heterocycles. The SMILES string of the molecule is CCNC(=NCC(C)Oc1ccc(C)cc1)NCCOCC.I. The van der Waals surface area contributed by atoms with E-state index in [-0.39, 0.29) is 30.1 Å². The molecule has 0 fully saturated rings. The van der Waals surface area contributed by atoms with Crippen LogP contribution < -0.4 is 15.4 Å². The van der Waals surface area contributed by atoms with Crippen LogP contribution in [0.5, 0.6) is 5.75 Å². The fraction of sp³-hybridized carbons (Fsp3) is 0.588. The topological polar surface area (TPSA) is 54.9 Å². The van der Waals surface area contributed by atoms with E-state index in [1.165, 1.54) is 5.56 Å². The maximum atomic E-state index is 5.85. The van der Waals surface area contributed by atoms with Crippen molar-refractivity contribution in [1.29, 1.82) is 0 Å². The average Bonchev–Trinajstić information content (AvgIpc) is 2.51. The summed E-state index contributed by atoms with van der Waals surface area (Å²) in [5.74, 6) is 1.67. The van der Waals surface area contributed by atoms with Gasteiger partial charge < -0.3 is 20.1 Å². The first-order valence-corrected chi connectivity index (χ1v) is 7.99. The van der Waals surface area contributed by atoms with Gasteiger partial charge in [0.2, 0.25) is 0 Å². The lowest BCUT2D eigenvalue weighted by Crippen LogP contribution is -2.39. The average molecular weight is 435 g/mol. The zero-order valence-electron chi connectivity index (χ0n) is 14.6. The van der Waals surface area contributed by atoms with Gasteiger partial charge in [0, 0.05) is 19.7 Å². The number of aryl methyl sites for hydroxylation is 1. The standard InChI is InChI=1S/C17H29N3O2.HI/c1-5-18-17(19-11-12-21-6-2)20-13-15(4)22-16-9-7-14(3)8-10-16;/h7-10,15H,5-6,11-13H2,1-4H3,(H2,18,19,20);1H. The summed E-state index contributed by atoms with van der Waals surface area (Å²) in [6.45, 7) is 11.7. The molecule has 1 unspecified atom stereocenters. The fourth-order valence-corrected chi connectivity index (χ4v) is 1.83. The van der Waals surface area contributed by atoms with E-state index in [2.05, 4.69) is 22.5 Å². The van der Waals surface area contributed by atoms with Crippen molar-refractivity contribution >= 4 is 29.9 Å². The molecule has 1 atom stereocenters. The highest BCUT2D eigenvalue weighted by Crippen LogP contribution is 2.13. The Kier molecular flexibility index (Phi) is 12.8. The zero-order valence-corrected chi connectivity index (χ0v) is 16.9. The number of ether oxygens (including phenoxy) is 2. The molecule has 5 nitrogen and oxygen atoms in total. The van der Waals surface area contributed by atoms with Gasteiger partial charge in [-0.05, 0) is 39.8 Å². The normalized spacial score (nSPS) is 12.3. The zero-order chi connectivity index (χ0) is 16.2. The molecule has 1 aromatic carbocycles. The lowest BCUT2D eigenvalue weighted by atomic mass is 10.2. The molecule has 0 saturated heterocycles. The Morgan fingerprint density at radius 2 is 1.87 bits per heavy atom. The first-order valence-electron chi connectivity index (χ1n) is 7.99. The van der Waals surface area contributed by atoms with Crippen LogP contribution in [0, 0.1) is 6.92 Å². The van der Waals surface area contributed by atoms with Crippen LogP contribution in [0.15, 0.2) is 29.3 Å². The van der Waals surface area contributed by atoms with Crippen LogP contribution >= 0.6 is 24.0 Å². The van der Waals surface area contributed by atoms with Gasteiger partial charge in [-0.3, -0.25) is 0 Å². The molecule has 0 aliphatic rings. The third-order valence-electron chi connectivity index (χ3n) is 2.95. The van der Waals surface area contributed by atoms with Crippen LogP contribution in [-0.4, -0.2) is 44.9 Å². The second-order valence-electron chi connectivity index (χ2n) is 5.08. The predicted molar refractivity (Wildman–Crippen MR) is 107 cm³/mol. The quantitative estimate of drug-likeness (QED) is 0.271. The van der Waals surface area contributed by atoms with Crippen LogP contribution in [0.1, 0.15) is 26.3 Å². The highest BCUT2D eigenvalue weighted by Gasteiger charge is 2.04. The van der Waals surface area contributed by atoms with Gasteiger partial charge in [-0.2, -0.15) is 0 Å². The van der Waals surface area contributed by atoms with Crippen molar-refractivity contribution in [1.82, 2.24) is 10.6 Å². The number of aliphatic imine (C=N–C) groups is 1. The number of guanidine groups is 1. The molecule has 0 aliphatic carbocycles. The second kappa shape index (κ2) is 13.4.